The molecule has 0 spiro atoms. The van der Waals surface area contributed by atoms with E-state index in [0.717, 1.165) is 54.2 Å². The first-order chi connectivity index (χ1) is 27.1. The average molecular weight is 615 g/mol. The topological polar surface area (TPSA) is 0 Å². The molecule has 0 fully saturated rings. The van der Waals surface area contributed by atoms with Gasteiger partial charge in [0.15, 0.2) is 0 Å². The monoisotopic (exact) mass is 614 g/mol. The van der Waals surface area contributed by atoms with E-state index in [1.54, 1.807) is 0 Å². The van der Waals surface area contributed by atoms with Gasteiger partial charge >= 0.3 is 0 Å². The average Bonchev–Trinajstić information content (AvgIpc) is 3.24. The van der Waals surface area contributed by atoms with Crippen molar-refractivity contribution < 1.29 is 11.0 Å². The Balaban J connectivity index is 1.42. The maximum Gasteiger partial charge on any atom is 0.0629 e. The molecule has 0 amide bonds. The van der Waals surface area contributed by atoms with Crippen molar-refractivity contribution in [2.45, 2.75) is 0 Å². The van der Waals surface area contributed by atoms with Crippen LogP contribution in [-0.4, -0.2) is 0 Å². The number of rotatable bonds is 3. The van der Waals surface area contributed by atoms with Crippen LogP contribution < -0.4 is 0 Å². The molecule has 0 heteroatoms. The van der Waals surface area contributed by atoms with Crippen LogP contribution in [0.15, 0.2) is 182 Å². The van der Waals surface area contributed by atoms with E-state index < -0.39 is 24.2 Å². The van der Waals surface area contributed by atoms with Gasteiger partial charge in [0.05, 0.1) is 11.0 Å². The minimum absolute atomic E-state index is 0.196. The van der Waals surface area contributed by atoms with Crippen LogP contribution in [0.5, 0.6) is 0 Å². The summed E-state index contributed by atoms with van der Waals surface area (Å²) < 4.78 is 73.7. The van der Waals surface area contributed by atoms with Crippen molar-refractivity contribution in [2.24, 2.45) is 0 Å². The summed E-state index contributed by atoms with van der Waals surface area (Å²) in [6.07, 6.45) is 0. The van der Waals surface area contributed by atoms with Crippen molar-refractivity contribution in [3.8, 4) is 33.4 Å². The van der Waals surface area contributed by atoms with Gasteiger partial charge in [0, 0.05) is 0 Å². The molecule has 0 nitrogen and oxygen atoms in total. The van der Waals surface area contributed by atoms with Crippen molar-refractivity contribution >= 4 is 64.6 Å². The number of hydrogen-bond donors (Lipinski definition) is 0. The van der Waals surface area contributed by atoms with Gasteiger partial charge in [0.2, 0.25) is 0 Å². The van der Waals surface area contributed by atoms with Crippen LogP contribution in [0, 0.1) is 0 Å². The molecule has 0 atom stereocenters. The lowest BCUT2D eigenvalue weighted by atomic mass is 9.83. The van der Waals surface area contributed by atoms with E-state index in [1.807, 2.05) is 97.1 Å². The quantitative estimate of drug-likeness (QED) is 0.137. The molecule has 0 heterocycles. The first-order valence-electron chi connectivity index (χ1n) is 20.0. The summed E-state index contributed by atoms with van der Waals surface area (Å²) in [5, 5.41) is 8.74. The summed E-state index contributed by atoms with van der Waals surface area (Å²) >= 11 is 0. The Bertz CT molecular complexity index is 3270. The first-order valence-corrected chi connectivity index (χ1v) is 16.0. The van der Waals surface area contributed by atoms with Crippen molar-refractivity contribution in [3.63, 3.8) is 0 Å². The highest BCUT2D eigenvalue weighted by Crippen LogP contribution is 2.47. The summed E-state index contributed by atoms with van der Waals surface area (Å²) in [6.45, 7) is 0. The van der Waals surface area contributed by atoms with Gasteiger partial charge in [-0.05, 0) is 116 Å². The number of benzene rings is 10. The standard InChI is InChI=1S/C48H30/c1-2-14-33-28-35(26-24-31(33)12-1)34-15-11-16-36(29-34)47-41-20-7-9-22-43(41)48(44-23-10-8-21-42(44)47)45-30-37-27-25-32-13-3-4-17-38(32)46(37)40-19-6-5-18-39(40)45/h1-30H/i7D,8D,9D,10D,20D,21D,22D,23D. The van der Waals surface area contributed by atoms with E-state index in [0.29, 0.717) is 22.3 Å². The normalized spacial score (nSPS) is 14.1. The third-order valence-corrected chi connectivity index (χ3v) is 9.63. The fraction of sp³-hybridized carbons (Fsp3) is 0. The molecule has 0 bridgehead atoms. The van der Waals surface area contributed by atoms with E-state index in [1.165, 1.54) is 0 Å². The zero-order valence-corrected chi connectivity index (χ0v) is 25.7. The van der Waals surface area contributed by atoms with Crippen molar-refractivity contribution in [1.29, 1.82) is 0 Å². The van der Waals surface area contributed by atoms with Gasteiger partial charge in [-0.1, -0.05) is 164 Å². The molecular weight excluding hydrogens is 577 g/mol. The van der Waals surface area contributed by atoms with Gasteiger partial charge in [-0.3, -0.25) is 0 Å². The molecule has 0 radical (unpaired) electrons. The van der Waals surface area contributed by atoms with Crippen molar-refractivity contribution in [2.75, 3.05) is 0 Å². The second-order valence-corrected chi connectivity index (χ2v) is 12.2. The lowest BCUT2D eigenvalue weighted by Crippen LogP contribution is -1.93. The van der Waals surface area contributed by atoms with Gasteiger partial charge in [0.1, 0.15) is 0 Å². The van der Waals surface area contributed by atoms with Crippen LogP contribution in [-0.2, 0) is 0 Å². The molecule has 0 aliphatic carbocycles. The first kappa shape index (κ1) is 20.1. The van der Waals surface area contributed by atoms with Gasteiger partial charge in [-0.2, -0.15) is 0 Å². The molecule has 10 aromatic carbocycles. The highest BCUT2D eigenvalue weighted by Gasteiger charge is 2.19. The summed E-state index contributed by atoms with van der Waals surface area (Å²) in [5.74, 6) is 0. The predicted octanol–water partition coefficient (Wildman–Crippen LogP) is 13.6. The molecule has 222 valence electrons. The molecule has 48 heavy (non-hydrogen) atoms. The maximum absolute atomic E-state index is 9.52. The SMILES string of the molecule is [2H]c1c([2H])c([2H])c2c(-c3cc4ccc5ccccc5c4c4ccccc34)c3c([2H])c([2H])c([2H])c([2H])c3c(-c3cccc(-c4ccc5ccccc5c4)c3)c2c1[2H]. The maximum atomic E-state index is 9.52. The van der Waals surface area contributed by atoms with E-state index in [2.05, 4.69) is 36.4 Å². The van der Waals surface area contributed by atoms with E-state index in [-0.39, 0.29) is 45.7 Å². The van der Waals surface area contributed by atoms with Crippen LogP contribution in [0.4, 0.5) is 0 Å². The highest BCUT2D eigenvalue weighted by molar-refractivity contribution is 6.28. The number of fused-ring (bicyclic) bond motifs is 8. The van der Waals surface area contributed by atoms with Crippen LogP contribution in [0.3, 0.4) is 0 Å². The summed E-state index contributed by atoms with van der Waals surface area (Å²) in [4.78, 5) is 0. The van der Waals surface area contributed by atoms with Crippen molar-refractivity contribution in [3.05, 3.63) is 182 Å². The smallest absolute Gasteiger partial charge is 0.0616 e. The molecule has 0 aromatic heterocycles. The number of hydrogen-bond acceptors (Lipinski definition) is 0. The lowest BCUT2D eigenvalue weighted by Gasteiger charge is -2.20. The van der Waals surface area contributed by atoms with Gasteiger partial charge in [0.25, 0.3) is 0 Å². The molecule has 0 unspecified atom stereocenters. The molecule has 0 aliphatic heterocycles. The molecule has 0 saturated heterocycles. The van der Waals surface area contributed by atoms with Gasteiger partial charge in [-0.15, -0.1) is 0 Å². The third-order valence-electron chi connectivity index (χ3n) is 9.63. The molecule has 0 saturated carbocycles. The summed E-state index contributed by atoms with van der Waals surface area (Å²) in [7, 11) is 0. The van der Waals surface area contributed by atoms with Crippen LogP contribution in [0.1, 0.15) is 11.0 Å². The molecule has 10 rings (SSSR count). The Labute approximate surface area is 290 Å². The largest absolute Gasteiger partial charge is 0.0629 e. The second kappa shape index (κ2) is 10.7. The molecule has 0 N–H and O–H groups in total. The van der Waals surface area contributed by atoms with Crippen LogP contribution >= 0.6 is 0 Å². The summed E-state index contributed by atoms with van der Waals surface area (Å²) in [5.41, 5.74) is 3.65. The Kier molecular flexibility index (Phi) is 4.46. The fourth-order valence-corrected chi connectivity index (χ4v) is 7.49. The van der Waals surface area contributed by atoms with Gasteiger partial charge in [-0.25, -0.2) is 0 Å². The highest BCUT2D eigenvalue weighted by atomic mass is 14.2. The summed E-state index contributed by atoms with van der Waals surface area (Å²) in [6, 6.07) is 41.3. The zero-order valence-electron chi connectivity index (χ0n) is 33.7. The Morgan fingerprint density at radius 1 is 0.312 bits per heavy atom. The van der Waals surface area contributed by atoms with E-state index in [9.17, 15) is 5.48 Å². The minimum atomic E-state index is -0.421. The Morgan fingerprint density at radius 2 is 0.854 bits per heavy atom. The van der Waals surface area contributed by atoms with Crippen molar-refractivity contribution in [1.82, 2.24) is 0 Å². The van der Waals surface area contributed by atoms with E-state index in [4.69, 9.17) is 5.48 Å². The molecular formula is C48H30. The molecule has 10 aromatic rings. The lowest BCUT2D eigenvalue weighted by molar-refractivity contribution is 1.63. The Hall–Kier alpha value is -6.24. The van der Waals surface area contributed by atoms with Crippen LogP contribution in [0.25, 0.3) is 98.0 Å². The van der Waals surface area contributed by atoms with Gasteiger partial charge < -0.3 is 0 Å². The fourth-order valence-electron chi connectivity index (χ4n) is 7.49. The van der Waals surface area contributed by atoms with E-state index >= 15 is 0 Å². The predicted molar refractivity (Wildman–Crippen MR) is 208 cm³/mol. The molecule has 0 aliphatic rings. The second-order valence-electron chi connectivity index (χ2n) is 12.2. The van der Waals surface area contributed by atoms with Crippen LogP contribution in [0.2, 0.25) is 0 Å². The zero-order chi connectivity index (χ0) is 38.6. The Morgan fingerprint density at radius 3 is 1.60 bits per heavy atom. The third kappa shape index (κ3) is 4.10. The minimum Gasteiger partial charge on any atom is -0.0616 e.